The van der Waals surface area contributed by atoms with Gasteiger partial charge in [-0.1, -0.05) is 0 Å². The second kappa shape index (κ2) is 14.1. The molecule has 0 fully saturated rings. The van der Waals surface area contributed by atoms with Crippen LogP contribution in [0.1, 0.15) is 0 Å². The number of phosphoric acid groups is 2. The van der Waals surface area contributed by atoms with Gasteiger partial charge in [-0.2, -0.15) is 0 Å². The maximum Gasteiger partial charge on any atom is 1.00 e. The molecule has 24 heavy (non-hydrogen) atoms. The zero-order chi connectivity index (χ0) is 15.7. The first-order valence-electron chi connectivity index (χ1n) is 4.62. The smallest absolute Gasteiger partial charge is 0.870 e. The molecule has 0 saturated heterocycles. The van der Waals surface area contributed by atoms with Gasteiger partial charge in [0.25, 0.3) is 0 Å². The van der Waals surface area contributed by atoms with Crippen LogP contribution in [0.4, 0.5) is 0 Å². The molecule has 1 rings (SSSR count). The van der Waals surface area contributed by atoms with Crippen molar-refractivity contribution in [2.45, 2.75) is 12.2 Å². The zero-order valence-corrected chi connectivity index (χ0v) is 23.0. The van der Waals surface area contributed by atoms with E-state index in [1.165, 1.54) is 0 Å². The number of aliphatic hydroxyl groups is 2. The van der Waals surface area contributed by atoms with Crippen LogP contribution < -0.4 is 138 Å². The van der Waals surface area contributed by atoms with Gasteiger partial charge in [-0.15, -0.1) is 0 Å². The topological polar surface area (TPSA) is 212 Å². The Kier molecular flexibility index (Phi) is 20.3. The number of rotatable bonds is 6. The van der Waals surface area contributed by atoms with Gasteiger partial charge in [0.15, 0.2) is 0 Å². The molecule has 0 aliphatic carbocycles. The molecule has 0 aromatic heterocycles. The average molecular weight is 424 g/mol. The van der Waals surface area contributed by atoms with Gasteiger partial charge in [0, 0.05) is 0 Å². The molecule has 2 N–H and O–H groups in total. The summed E-state index contributed by atoms with van der Waals surface area (Å²) in [6, 6.07) is 0. The largest absolute Gasteiger partial charge is 1.00 e. The van der Waals surface area contributed by atoms with Crippen molar-refractivity contribution in [1.82, 2.24) is 0 Å². The molecule has 3 atom stereocenters. The molecule has 0 aromatic rings. The van der Waals surface area contributed by atoms with Gasteiger partial charge in [0.05, 0.1) is 14.4 Å². The summed E-state index contributed by atoms with van der Waals surface area (Å²) < 4.78 is 32.1. The molecule has 0 spiro atoms. The van der Waals surface area contributed by atoms with Crippen molar-refractivity contribution < 1.29 is 176 Å². The molecular weight excluding hydrogens is 418 g/mol. The summed E-state index contributed by atoms with van der Waals surface area (Å²) in [5, 5.41) is 29.1. The summed E-state index contributed by atoms with van der Waals surface area (Å²) >= 11 is 0. The van der Waals surface area contributed by atoms with Crippen LogP contribution in [0.2, 0.25) is 0 Å². The van der Waals surface area contributed by atoms with Gasteiger partial charge in [0.2, 0.25) is 5.76 Å². The summed E-state index contributed by atoms with van der Waals surface area (Å²) in [6.07, 6.45) is -3.77. The van der Waals surface area contributed by atoms with Crippen LogP contribution in [0, 0.1) is 0 Å². The van der Waals surface area contributed by atoms with Crippen molar-refractivity contribution in [2.24, 2.45) is 0 Å². The predicted octanol–water partition coefficient (Wildman–Crippen LogP) is -16.8. The van der Waals surface area contributed by atoms with Crippen LogP contribution >= 0.6 is 15.6 Å². The molecule has 0 bridgehead atoms. The van der Waals surface area contributed by atoms with E-state index in [4.69, 9.17) is 10.2 Å². The van der Waals surface area contributed by atoms with E-state index >= 15 is 0 Å². The summed E-state index contributed by atoms with van der Waals surface area (Å²) in [6.45, 7) is -0.987. The molecule has 0 amide bonds. The third-order valence-electron chi connectivity index (χ3n) is 1.84. The second-order valence-corrected chi connectivity index (χ2v) is 5.96. The molecule has 0 aromatic carbocycles. The predicted molar refractivity (Wildman–Crippen MR) is 47.4 cm³/mol. The molecule has 1 heterocycles. The molecule has 1 unspecified atom stereocenters. The number of carbonyl (C=O) groups is 1. The minimum Gasteiger partial charge on any atom is -0.870 e. The normalized spacial score (nSPS) is 20.2. The van der Waals surface area contributed by atoms with E-state index in [0.29, 0.717) is 0 Å². The monoisotopic (exact) mass is 424 g/mol. The van der Waals surface area contributed by atoms with E-state index in [1.54, 1.807) is 0 Å². The van der Waals surface area contributed by atoms with E-state index in [0.717, 1.165) is 0 Å². The average Bonchev–Trinajstić information content (AvgIpc) is 2.52. The van der Waals surface area contributed by atoms with Crippen molar-refractivity contribution in [3.05, 3.63) is 11.5 Å². The van der Waals surface area contributed by atoms with Crippen LogP contribution in [-0.4, -0.2) is 35.0 Å². The summed E-state index contributed by atoms with van der Waals surface area (Å²) in [7, 11) is -11.8. The maximum absolute atomic E-state index is 11.4. The first-order valence-corrected chi connectivity index (χ1v) is 7.54. The van der Waals surface area contributed by atoms with Crippen molar-refractivity contribution in [3.63, 3.8) is 0 Å². The number of hydrogen-bond acceptors (Lipinski definition) is 12. The molecule has 1 aliphatic rings. The van der Waals surface area contributed by atoms with Crippen molar-refractivity contribution in [2.75, 3.05) is 6.61 Å². The molecule has 1 aliphatic heterocycles. The Morgan fingerprint density at radius 2 is 1.62 bits per heavy atom. The number of ether oxygens (including phenoxy) is 1. The standard InChI is InChI=1S/C6H10O12P2.4Na/c7-1-2(8)4-3(9)5(6(10)16-4)17-20(14,15)18-19(11,12)13;;;;/h2,4,7-9H,1H2,(H,14,15)(H2,11,12,13);;;;/q;4*+1/p-4/t2-,4+;;;;/m0..../s1. The van der Waals surface area contributed by atoms with Gasteiger partial charge in [-0.3, -0.25) is 8.88 Å². The van der Waals surface area contributed by atoms with Crippen LogP contribution in [0.3, 0.4) is 0 Å². The Balaban J connectivity index is -0.000000500. The number of esters is 1. The maximum atomic E-state index is 11.4. The van der Waals surface area contributed by atoms with E-state index in [9.17, 15) is 33.7 Å². The fraction of sp³-hybridized carbons (Fsp3) is 0.500. The van der Waals surface area contributed by atoms with Crippen molar-refractivity contribution in [1.29, 1.82) is 0 Å². The van der Waals surface area contributed by atoms with Crippen LogP contribution in [0.15, 0.2) is 11.5 Å². The minimum atomic E-state index is -5.99. The Morgan fingerprint density at radius 3 is 2.00 bits per heavy atom. The Hall–Kier alpha value is 3.03. The van der Waals surface area contributed by atoms with Gasteiger partial charge in [-0.25, -0.2) is 4.79 Å². The fourth-order valence-electron chi connectivity index (χ4n) is 1.13. The quantitative estimate of drug-likeness (QED) is 0.231. The van der Waals surface area contributed by atoms with E-state index in [-0.39, 0.29) is 118 Å². The van der Waals surface area contributed by atoms with Crippen molar-refractivity contribution in [3.8, 4) is 0 Å². The van der Waals surface area contributed by atoms with E-state index in [1.807, 2.05) is 0 Å². The molecule has 116 valence electrons. The van der Waals surface area contributed by atoms with Gasteiger partial charge < -0.3 is 43.8 Å². The van der Waals surface area contributed by atoms with Crippen LogP contribution in [0.5, 0.6) is 0 Å². The van der Waals surface area contributed by atoms with Crippen molar-refractivity contribution >= 4 is 21.6 Å². The molecule has 0 saturated carbocycles. The van der Waals surface area contributed by atoms with Gasteiger partial charge in [-0.05, 0) is 5.76 Å². The third kappa shape index (κ3) is 11.1. The van der Waals surface area contributed by atoms with E-state index < -0.39 is 51.9 Å². The molecule has 12 nitrogen and oxygen atoms in total. The minimum absolute atomic E-state index is 0. The zero-order valence-electron chi connectivity index (χ0n) is 13.2. The second-order valence-electron chi connectivity index (χ2n) is 3.34. The first-order chi connectivity index (χ1) is 8.97. The first kappa shape index (κ1) is 34.5. The third-order valence-corrected chi connectivity index (χ3v) is 3.85. The Morgan fingerprint density at radius 1 is 1.17 bits per heavy atom. The summed E-state index contributed by atoms with van der Waals surface area (Å²) in [5.74, 6) is -4.61. The van der Waals surface area contributed by atoms with Gasteiger partial charge >= 0.3 is 132 Å². The number of aliphatic hydroxyl groups excluding tert-OH is 2. The van der Waals surface area contributed by atoms with Crippen LogP contribution in [-0.2, 0) is 27.5 Å². The Bertz CT molecular complexity index is 534. The molecule has 0 radical (unpaired) electrons. The Labute approximate surface area is 224 Å². The summed E-state index contributed by atoms with van der Waals surface area (Å²) in [5.41, 5.74) is 0. The van der Waals surface area contributed by atoms with E-state index in [2.05, 4.69) is 13.6 Å². The van der Waals surface area contributed by atoms with Crippen LogP contribution in [0.25, 0.3) is 0 Å². The SMILES string of the molecule is O=C1O[C@H]([C@@H](O)CO)C([O-])=C1OP(=O)([O-])OP(=O)([O-])[O-].[Na+].[Na+].[Na+].[Na+]. The summed E-state index contributed by atoms with van der Waals surface area (Å²) in [4.78, 5) is 42.3. The van der Waals surface area contributed by atoms with Gasteiger partial charge in [0.1, 0.15) is 12.2 Å². The fourth-order valence-corrected chi connectivity index (χ4v) is 2.64. The molecular formula is C6H6Na4O12P2. The number of hydrogen-bond donors (Lipinski definition) is 2. The number of phosphoric ester groups is 1. The number of cyclic esters (lactones) is 1. The number of carbonyl (C=O) groups excluding carboxylic acids is 1. The molecule has 18 heteroatoms.